The molecule has 25 heavy (non-hydrogen) atoms. The molecule has 0 saturated heterocycles. The fourth-order valence-corrected chi connectivity index (χ4v) is 6.17. The van der Waals surface area contributed by atoms with Crippen molar-refractivity contribution < 1.29 is 20.1 Å². The summed E-state index contributed by atoms with van der Waals surface area (Å²) < 4.78 is 0. The van der Waals surface area contributed by atoms with E-state index in [-0.39, 0.29) is 23.0 Å². The van der Waals surface area contributed by atoms with Gasteiger partial charge < -0.3 is 15.1 Å². The Hall–Kier alpha value is -1.82. The number of aliphatic hydroxyl groups is 1. The molecule has 0 spiro atoms. The zero-order valence-corrected chi connectivity index (χ0v) is 14.6. The maximum absolute atomic E-state index is 11.1. The van der Waals surface area contributed by atoms with E-state index in [0.717, 1.165) is 30.4 Å². The summed E-state index contributed by atoms with van der Waals surface area (Å²) in [6.45, 7) is 4.26. The van der Waals surface area contributed by atoms with Crippen molar-refractivity contribution in [2.24, 2.45) is 23.2 Å². The molecule has 1 aromatic carbocycles. The molecule has 0 bridgehead atoms. The smallest absolute Gasteiger partial charge is 0.294 e. The highest BCUT2D eigenvalue weighted by Crippen LogP contribution is 2.62. The number of hydrogen-bond acceptors (Lipinski definition) is 5. The monoisotopic (exact) mass is 347 g/mol. The van der Waals surface area contributed by atoms with Gasteiger partial charge in [0, 0.05) is 5.92 Å². The quantitative estimate of drug-likeness (QED) is 0.633. The lowest BCUT2D eigenvalue weighted by molar-refractivity contribution is -0.771. The number of aliphatic hydroxyl groups excluding tert-OH is 1. The Morgan fingerprint density at radius 3 is 2.84 bits per heavy atom. The first-order valence-electron chi connectivity index (χ1n) is 9.12. The molecule has 0 radical (unpaired) electrons. The number of fused-ring (bicyclic) bond motifs is 5. The Morgan fingerprint density at radius 1 is 1.36 bits per heavy atom. The van der Waals surface area contributed by atoms with Crippen molar-refractivity contribution in [1.29, 1.82) is 0 Å². The maximum Gasteiger partial charge on any atom is 0.294 e. The fraction of sp³-hybridized carbons (Fsp3) is 0.684. The second-order valence-corrected chi connectivity index (χ2v) is 8.44. The number of phenols is 1. The van der Waals surface area contributed by atoms with Gasteiger partial charge >= 0.3 is 0 Å². The summed E-state index contributed by atoms with van der Waals surface area (Å²) in [5.74, 6) is 1.09. The van der Waals surface area contributed by atoms with Crippen molar-refractivity contribution in [3.63, 3.8) is 0 Å². The maximum atomic E-state index is 11.1. The Morgan fingerprint density at radius 2 is 2.12 bits per heavy atom. The van der Waals surface area contributed by atoms with E-state index in [1.165, 1.54) is 0 Å². The molecule has 136 valence electrons. The predicted molar refractivity (Wildman–Crippen MR) is 90.5 cm³/mol. The number of aromatic hydroxyl groups is 1. The average Bonchev–Trinajstić information content (AvgIpc) is 2.81. The molecule has 0 aliphatic heterocycles. The van der Waals surface area contributed by atoms with Crippen LogP contribution in [0.5, 0.6) is 5.75 Å². The summed E-state index contributed by atoms with van der Waals surface area (Å²) in [4.78, 5) is 16.3. The first-order valence-corrected chi connectivity index (χ1v) is 9.12. The first-order chi connectivity index (χ1) is 11.8. The number of nitrogens with zero attached hydrogens (tertiary/aromatic N) is 1. The fourth-order valence-electron chi connectivity index (χ4n) is 6.17. The van der Waals surface area contributed by atoms with Gasteiger partial charge in [-0.25, -0.2) is 0 Å². The lowest BCUT2D eigenvalue weighted by Crippen LogP contribution is -2.53. The van der Waals surface area contributed by atoms with Crippen LogP contribution in [-0.2, 0) is 11.3 Å². The van der Waals surface area contributed by atoms with Gasteiger partial charge in [-0.1, -0.05) is 19.9 Å². The third-order valence-electron chi connectivity index (χ3n) is 7.19. The molecule has 1 aromatic rings. The van der Waals surface area contributed by atoms with Crippen LogP contribution in [0.1, 0.15) is 50.2 Å². The molecule has 2 N–H and O–H groups in total. The summed E-state index contributed by atoms with van der Waals surface area (Å²) in [7, 11) is 0. The van der Waals surface area contributed by atoms with E-state index < -0.39 is 17.3 Å². The standard InChI is InChI=1S/C19H25NO5/c1-10-7-11-8-12(21)3-4-13(11)18-15(25-20(23)24)9-19(2)14(17(10)18)5-6-16(19)22/h3-4,8,10,14-18,21-22H,5-7,9H2,1-2H3. The third kappa shape index (κ3) is 2.41. The predicted octanol–water partition coefficient (Wildman–Crippen LogP) is 3.04. The van der Waals surface area contributed by atoms with E-state index >= 15 is 0 Å². The minimum atomic E-state index is -0.688. The minimum absolute atomic E-state index is 0.0619. The molecule has 3 aliphatic rings. The molecule has 0 aromatic heterocycles. The van der Waals surface area contributed by atoms with Crippen molar-refractivity contribution in [3.8, 4) is 5.75 Å². The van der Waals surface area contributed by atoms with Crippen LogP contribution >= 0.6 is 0 Å². The van der Waals surface area contributed by atoms with E-state index in [1.807, 2.05) is 6.07 Å². The molecule has 7 unspecified atom stereocenters. The van der Waals surface area contributed by atoms with E-state index in [1.54, 1.807) is 12.1 Å². The lowest BCUT2D eigenvalue weighted by atomic mass is 9.52. The second-order valence-electron chi connectivity index (χ2n) is 8.44. The molecule has 3 aliphatic carbocycles. The van der Waals surface area contributed by atoms with Crippen LogP contribution in [0.15, 0.2) is 18.2 Å². The normalized spacial score (nSPS) is 42.2. The van der Waals surface area contributed by atoms with Crippen molar-refractivity contribution in [2.45, 2.75) is 57.7 Å². The van der Waals surface area contributed by atoms with Gasteiger partial charge in [0.25, 0.3) is 5.09 Å². The van der Waals surface area contributed by atoms with Gasteiger partial charge in [0.05, 0.1) is 6.10 Å². The van der Waals surface area contributed by atoms with Crippen LogP contribution in [0.3, 0.4) is 0 Å². The van der Waals surface area contributed by atoms with E-state index in [0.29, 0.717) is 18.3 Å². The highest BCUT2D eigenvalue weighted by Gasteiger charge is 2.60. The van der Waals surface area contributed by atoms with Crippen LogP contribution in [0.4, 0.5) is 0 Å². The number of phenolic OH excluding ortho intramolecular Hbond substituents is 1. The summed E-state index contributed by atoms with van der Waals surface area (Å²) in [5.41, 5.74) is 1.80. The molecule has 0 heterocycles. The highest BCUT2D eigenvalue weighted by atomic mass is 17.0. The van der Waals surface area contributed by atoms with Crippen molar-refractivity contribution in [3.05, 3.63) is 39.4 Å². The molecule has 6 heteroatoms. The summed E-state index contributed by atoms with van der Waals surface area (Å²) in [6.07, 6.45) is 2.07. The average molecular weight is 347 g/mol. The van der Waals surface area contributed by atoms with Crippen LogP contribution < -0.4 is 0 Å². The van der Waals surface area contributed by atoms with E-state index in [4.69, 9.17) is 4.84 Å². The van der Waals surface area contributed by atoms with Gasteiger partial charge in [0.2, 0.25) is 0 Å². The topological polar surface area (TPSA) is 92.8 Å². The molecule has 0 amide bonds. The van der Waals surface area contributed by atoms with E-state index in [9.17, 15) is 20.3 Å². The van der Waals surface area contributed by atoms with E-state index in [2.05, 4.69) is 13.8 Å². The largest absolute Gasteiger partial charge is 0.508 e. The SMILES string of the molecule is CC1Cc2cc(O)ccc2C2C(O[N+](=O)[O-])CC3(C)C(O)CCC3C12. The van der Waals surface area contributed by atoms with Crippen LogP contribution in [-0.4, -0.2) is 27.5 Å². The van der Waals surface area contributed by atoms with Crippen molar-refractivity contribution in [2.75, 3.05) is 0 Å². The summed E-state index contributed by atoms with van der Waals surface area (Å²) in [6, 6.07) is 5.34. The Labute approximate surface area is 146 Å². The molecular formula is C19H25NO5. The molecular weight excluding hydrogens is 322 g/mol. The molecule has 7 atom stereocenters. The zero-order chi connectivity index (χ0) is 17.9. The van der Waals surface area contributed by atoms with Gasteiger partial charge in [-0.2, -0.15) is 0 Å². The third-order valence-corrected chi connectivity index (χ3v) is 7.19. The van der Waals surface area contributed by atoms with Crippen LogP contribution in [0.25, 0.3) is 0 Å². The molecule has 4 rings (SSSR count). The minimum Gasteiger partial charge on any atom is -0.508 e. The van der Waals surface area contributed by atoms with Crippen LogP contribution in [0, 0.1) is 33.3 Å². The van der Waals surface area contributed by atoms with Gasteiger partial charge in [-0.15, -0.1) is 10.1 Å². The van der Waals surface area contributed by atoms with Gasteiger partial charge in [0.15, 0.2) is 0 Å². The Balaban J connectivity index is 1.82. The first kappa shape index (κ1) is 16.6. The molecule has 2 fully saturated rings. The van der Waals surface area contributed by atoms with Crippen molar-refractivity contribution >= 4 is 0 Å². The van der Waals surface area contributed by atoms with Gasteiger partial charge in [-0.05, 0) is 72.1 Å². The second kappa shape index (κ2) is 5.59. The van der Waals surface area contributed by atoms with Crippen molar-refractivity contribution in [1.82, 2.24) is 0 Å². The summed E-state index contributed by atoms with van der Waals surface area (Å²) in [5, 5.41) is 30.9. The highest BCUT2D eigenvalue weighted by molar-refractivity contribution is 5.41. The Kier molecular flexibility index (Phi) is 3.72. The number of hydrogen-bond donors (Lipinski definition) is 2. The zero-order valence-electron chi connectivity index (χ0n) is 14.6. The van der Waals surface area contributed by atoms with Gasteiger partial charge in [-0.3, -0.25) is 0 Å². The van der Waals surface area contributed by atoms with Gasteiger partial charge in [0.1, 0.15) is 11.9 Å². The molecule has 6 nitrogen and oxygen atoms in total. The lowest BCUT2D eigenvalue weighted by Gasteiger charge is -2.54. The Bertz CT molecular complexity index is 707. The van der Waals surface area contributed by atoms with Crippen LogP contribution in [0.2, 0.25) is 0 Å². The summed E-state index contributed by atoms with van der Waals surface area (Å²) >= 11 is 0. The number of benzene rings is 1. The number of rotatable bonds is 2. The molecule has 2 saturated carbocycles.